The van der Waals surface area contributed by atoms with Gasteiger partial charge in [-0.15, -0.1) is 0 Å². The number of hydrogen-bond acceptors (Lipinski definition) is 7. The highest BCUT2D eigenvalue weighted by molar-refractivity contribution is 7.91. The molecule has 0 saturated carbocycles. The summed E-state index contributed by atoms with van der Waals surface area (Å²) in [6.07, 6.45) is 0. The molecule has 182 valence electrons. The van der Waals surface area contributed by atoms with Gasteiger partial charge in [0.2, 0.25) is 11.8 Å². The van der Waals surface area contributed by atoms with Crippen LogP contribution in [0.3, 0.4) is 0 Å². The summed E-state index contributed by atoms with van der Waals surface area (Å²) in [5.74, 6) is -0.405. The minimum atomic E-state index is -3.76. The Morgan fingerprint density at radius 3 is 2.50 bits per heavy atom. The number of halogens is 2. The number of rotatable bonds is 10. The number of likely N-dealkylation sites (N-methyl/N-ethyl adjacent to an activating group) is 1. The lowest BCUT2D eigenvalue weighted by Gasteiger charge is -2.18. The molecule has 9 nitrogen and oxygen atoms in total. The topological polar surface area (TPSA) is 120 Å². The summed E-state index contributed by atoms with van der Waals surface area (Å²) >= 11 is 11.7. The van der Waals surface area contributed by atoms with Gasteiger partial charge in [-0.05, 0) is 23.8 Å². The molecule has 0 aliphatic carbocycles. The van der Waals surface area contributed by atoms with Gasteiger partial charge in [0.15, 0.2) is 9.84 Å². The van der Waals surface area contributed by atoms with Crippen LogP contribution in [0.4, 0.5) is 0 Å². The Morgan fingerprint density at radius 2 is 1.85 bits per heavy atom. The van der Waals surface area contributed by atoms with Crippen LogP contribution >= 0.6 is 23.2 Å². The molecule has 2 aromatic carbocycles. The number of amidine groups is 1. The monoisotopic (exact) mass is 525 g/mol. The van der Waals surface area contributed by atoms with E-state index >= 15 is 0 Å². The molecule has 0 bridgehead atoms. The largest absolute Gasteiger partial charge is 0.368 e. The first-order valence-electron chi connectivity index (χ1n) is 10.4. The van der Waals surface area contributed by atoms with Crippen LogP contribution in [0.25, 0.3) is 0 Å². The molecule has 0 unspecified atom stereocenters. The van der Waals surface area contributed by atoms with Crippen molar-refractivity contribution in [2.75, 3.05) is 39.1 Å². The van der Waals surface area contributed by atoms with Crippen LogP contribution in [0.15, 0.2) is 52.4 Å². The highest BCUT2D eigenvalue weighted by atomic mass is 35.5. The number of nitrogens with one attached hydrogen (secondary N) is 3. The first-order chi connectivity index (χ1) is 16.2. The first kappa shape index (κ1) is 26.0. The first-order valence-corrected chi connectivity index (χ1v) is 12.8. The zero-order chi connectivity index (χ0) is 24.7. The van der Waals surface area contributed by atoms with Crippen LogP contribution in [0.5, 0.6) is 0 Å². The molecule has 0 aromatic heterocycles. The van der Waals surface area contributed by atoms with Crippen molar-refractivity contribution < 1.29 is 18.0 Å². The number of nitrogens with zero attached hydrogens (tertiary/aromatic N) is 2. The van der Waals surface area contributed by atoms with Crippen LogP contribution in [-0.2, 0) is 26.0 Å². The Bertz CT molecular complexity index is 1190. The second-order valence-corrected chi connectivity index (χ2v) is 10.4. The van der Waals surface area contributed by atoms with Crippen molar-refractivity contribution in [1.82, 2.24) is 20.9 Å². The van der Waals surface area contributed by atoms with Gasteiger partial charge in [0.05, 0.1) is 29.6 Å². The van der Waals surface area contributed by atoms with E-state index in [4.69, 9.17) is 23.2 Å². The lowest BCUT2D eigenvalue weighted by Crippen LogP contribution is -2.42. The standard InChI is InChI=1S/C22H25Cl2N5O4S/c1-29(13-15-2-4-16(5-3-15)22-26-8-9-27-22)21(31)12-28-20(30)11-25-14-34(32,33)19-7-6-17(23)10-18(19)24/h2-7,10,25H,8-9,11-14H2,1H3,(H,26,27)(H,28,30). The molecule has 0 spiro atoms. The molecule has 0 saturated heterocycles. The van der Waals surface area contributed by atoms with Gasteiger partial charge in [-0.3, -0.25) is 19.9 Å². The maximum Gasteiger partial charge on any atom is 0.242 e. The zero-order valence-corrected chi connectivity index (χ0v) is 20.8. The maximum atomic E-state index is 12.4. The van der Waals surface area contributed by atoms with E-state index in [0.29, 0.717) is 11.6 Å². The van der Waals surface area contributed by atoms with Crippen LogP contribution in [0, 0.1) is 0 Å². The van der Waals surface area contributed by atoms with E-state index in [2.05, 4.69) is 20.9 Å². The van der Waals surface area contributed by atoms with Gasteiger partial charge in [-0.2, -0.15) is 0 Å². The summed E-state index contributed by atoms with van der Waals surface area (Å²) in [4.78, 5) is 30.2. The van der Waals surface area contributed by atoms with Crippen molar-refractivity contribution in [1.29, 1.82) is 0 Å². The van der Waals surface area contributed by atoms with Crippen molar-refractivity contribution in [3.8, 4) is 0 Å². The second-order valence-electron chi connectivity index (χ2n) is 7.64. The predicted octanol–water partition coefficient (Wildman–Crippen LogP) is 1.44. The molecule has 2 aromatic rings. The van der Waals surface area contributed by atoms with E-state index in [0.717, 1.165) is 30.1 Å². The number of hydrogen-bond donors (Lipinski definition) is 3. The van der Waals surface area contributed by atoms with Crippen molar-refractivity contribution >= 4 is 50.7 Å². The molecular formula is C22H25Cl2N5O4S. The number of aliphatic imine (C=N–C) groups is 1. The number of benzene rings is 2. The summed E-state index contributed by atoms with van der Waals surface area (Å²) < 4.78 is 24.8. The Morgan fingerprint density at radius 1 is 1.12 bits per heavy atom. The number of amides is 2. The molecule has 3 N–H and O–H groups in total. The van der Waals surface area contributed by atoms with Gasteiger partial charge in [0, 0.05) is 30.7 Å². The van der Waals surface area contributed by atoms with E-state index in [1.165, 1.54) is 23.1 Å². The third-order valence-corrected chi connectivity index (χ3v) is 7.26. The van der Waals surface area contributed by atoms with E-state index in [1.807, 2.05) is 24.3 Å². The normalized spacial score (nSPS) is 13.2. The van der Waals surface area contributed by atoms with Gasteiger partial charge in [0.25, 0.3) is 0 Å². The maximum absolute atomic E-state index is 12.4. The molecular weight excluding hydrogens is 501 g/mol. The van der Waals surface area contributed by atoms with Crippen molar-refractivity contribution in [2.45, 2.75) is 11.4 Å². The lowest BCUT2D eigenvalue weighted by atomic mass is 10.1. The summed E-state index contributed by atoms with van der Waals surface area (Å²) in [6, 6.07) is 11.8. The molecule has 1 heterocycles. The van der Waals surface area contributed by atoms with Gasteiger partial charge in [-0.1, -0.05) is 47.5 Å². The van der Waals surface area contributed by atoms with E-state index in [1.54, 1.807) is 7.05 Å². The Labute approximate surface area is 208 Å². The Balaban J connectivity index is 1.40. The highest BCUT2D eigenvalue weighted by Crippen LogP contribution is 2.25. The molecule has 12 heteroatoms. The number of sulfone groups is 1. The van der Waals surface area contributed by atoms with E-state index in [9.17, 15) is 18.0 Å². The Hall–Kier alpha value is -2.66. The fourth-order valence-electron chi connectivity index (χ4n) is 3.20. The van der Waals surface area contributed by atoms with Crippen LogP contribution in [-0.4, -0.2) is 70.1 Å². The van der Waals surface area contributed by atoms with Crippen LogP contribution in [0.2, 0.25) is 10.0 Å². The quantitative estimate of drug-likeness (QED) is 0.431. The third-order valence-electron chi connectivity index (χ3n) is 4.99. The molecule has 2 amide bonds. The molecule has 1 aliphatic rings. The predicted molar refractivity (Wildman–Crippen MR) is 132 cm³/mol. The average molecular weight is 526 g/mol. The van der Waals surface area contributed by atoms with Gasteiger partial charge in [0.1, 0.15) is 11.7 Å². The molecule has 0 fully saturated rings. The number of carbonyl (C=O) groups excluding carboxylic acids is 2. The average Bonchev–Trinajstić information content (AvgIpc) is 3.32. The third kappa shape index (κ3) is 7.17. The molecule has 0 atom stereocenters. The fraction of sp³-hybridized carbons (Fsp3) is 0.318. The van der Waals surface area contributed by atoms with E-state index in [-0.39, 0.29) is 28.9 Å². The fourth-order valence-corrected chi connectivity index (χ4v) is 5.12. The van der Waals surface area contributed by atoms with E-state index < -0.39 is 21.6 Å². The van der Waals surface area contributed by atoms with Crippen molar-refractivity contribution in [3.63, 3.8) is 0 Å². The lowest BCUT2D eigenvalue weighted by molar-refractivity contribution is -0.132. The van der Waals surface area contributed by atoms with Gasteiger partial charge >= 0.3 is 0 Å². The van der Waals surface area contributed by atoms with Gasteiger partial charge < -0.3 is 15.5 Å². The summed E-state index contributed by atoms with van der Waals surface area (Å²) in [6.45, 7) is 1.50. The summed E-state index contributed by atoms with van der Waals surface area (Å²) in [5, 5.41) is 8.58. The summed E-state index contributed by atoms with van der Waals surface area (Å²) in [5.41, 5.74) is 1.94. The van der Waals surface area contributed by atoms with Crippen molar-refractivity contribution in [2.24, 2.45) is 4.99 Å². The Kier molecular flexibility index (Phi) is 8.90. The molecule has 0 radical (unpaired) electrons. The second kappa shape index (κ2) is 11.7. The smallest absolute Gasteiger partial charge is 0.242 e. The zero-order valence-electron chi connectivity index (χ0n) is 18.5. The highest BCUT2D eigenvalue weighted by Gasteiger charge is 2.19. The molecule has 3 rings (SSSR count). The van der Waals surface area contributed by atoms with Crippen LogP contribution < -0.4 is 16.0 Å². The molecule has 1 aliphatic heterocycles. The molecule has 34 heavy (non-hydrogen) atoms. The summed E-state index contributed by atoms with van der Waals surface area (Å²) in [7, 11) is -2.12. The van der Waals surface area contributed by atoms with Gasteiger partial charge in [-0.25, -0.2) is 8.42 Å². The number of carbonyl (C=O) groups is 2. The minimum absolute atomic E-state index is 0.00554. The van der Waals surface area contributed by atoms with Crippen LogP contribution in [0.1, 0.15) is 11.1 Å². The van der Waals surface area contributed by atoms with Crippen molar-refractivity contribution in [3.05, 3.63) is 63.6 Å². The minimum Gasteiger partial charge on any atom is -0.368 e. The SMILES string of the molecule is CN(Cc1ccc(C2=NCCN2)cc1)C(=O)CNC(=O)CNCS(=O)(=O)c1ccc(Cl)cc1Cl.